The molecule has 2 aromatic rings. The van der Waals surface area contributed by atoms with E-state index in [2.05, 4.69) is 17.0 Å². The van der Waals surface area contributed by atoms with Crippen LogP contribution in [0.5, 0.6) is 0 Å². The van der Waals surface area contributed by atoms with Crippen LogP contribution in [-0.2, 0) is 6.54 Å². The van der Waals surface area contributed by atoms with Gasteiger partial charge in [0.1, 0.15) is 5.82 Å². The normalized spacial score (nSPS) is 17.9. The number of hydrogen-bond donors (Lipinski definition) is 1. The first-order chi connectivity index (χ1) is 8.74. The van der Waals surface area contributed by atoms with Gasteiger partial charge in [-0.1, -0.05) is 30.3 Å². The Hall–Kier alpha value is -1.87. The van der Waals surface area contributed by atoms with Crippen molar-refractivity contribution in [3.05, 3.63) is 65.5 Å². The number of anilines is 1. The monoisotopic (exact) mass is 242 g/mol. The molecule has 2 N–H and O–H groups in total. The van der Waals surface area contributed by atoms with Crippen LogP contribution in [0.25, 0.3) is 0 Å². The number of hydrogen-bond acceptors (Lipinski definition) is 2. The lowest BCUT2D eigenvalue weighted by atomic mass is 10.1. The summed E-state index contributed by atoms with van der Waals surface area (Å²) >= 11 is 0. The van der Waals surface area contributed by atoms with Crippen LogP contribution in [0.3, 0.4) is 0 Å². The fourth-order valence-electron chi connectivity index (χ4n) is 2.50. The topological polar surface area (TPSA) is 29.3 Å². The van der Waals surface area contributed by atoms with E-state index in [1.54, 1.807) is 6.07 Å². The molecule has 92 valence electrons. The van der Waals surface area contributed by atoms with E-state index in [0.29, 0.717) is 0 Å². The van der Waals surface area contributed by atoms with E-state index in [-0.39, 0.29) is 11.9 Å². The first kappa shape index (κ1) is 11.2. The Balaban J connectivity index is 1.89. The van der Waals surface area contributed by atoms with Crippen LogP contribution in [0, 0.1) is 5.82 Å². The predicted molar refractivity (Wildman–Crippen MR) is 70.8 cm³/mol. The smallest absolute Gasteiger partial charge is 0.123 e. The maximum atomic E-state index is 13.2. The van der Waals surface area contributed by atoms with Crippen LogP contribution >= 0.6 is 0 Å². The van der Waals surface area contributed by atoms with Crippen molar-refractivity contribution >= 4 is 5.69 Å². The van der Waals surface area contributed by atoms with Gasteiger partial charge in [-0.3, -0.25) is 0 Å². The van der Waals surface area contributed by atoms with Gasteiger partial charge in [-0.15, -0.1) is 0 Å². The molecule has 1 aliphatic heterocycles. The van der Waals surface area contributed by atoms with Gasteiger partial charge in [0.2, 0.25) is 0 Å². The van der Waals surface area contributed by atoms with Gasteiger partial charge < -0.3 is 10.6 Å². The zero-order valence-electron chi connectivity index (χ0n) is 10.0. The lowest BCUT2D eigenvalue weighted by Gasteiger charge is -2.19. The SMILES string of the molecule is NC1CN(Cc2ccccc2)c2ccc(F)cc21. The summed E-state index contributed by atoms with van der Waals surface area (Å²) < 4.78 is 13.2. The molecule has 1 aliphatic rings. The molecule has 0 spiro atoms. The summed E-state index contributed by atoms with van der Waals surface area (Å²) in [6.45, 7) is 1.56. The quantitative estimate of drug-likeness (QED) is 0.877. The molecular weight excluding hydrogens is 227 g/mol. The van der Waals surface area contributed by atoms with Crippen molar-refractivity contribution in [2.45, 2.75) is 12.6 Å². The highest BCUT2D eigenvalue weighted by Gasteiger charge is 2.26. The average Bonchev–Trinajstić information content (AvgIpc) is 2.67. The van der Waals surface area contributed by atoms with Crippen LogP contribution in [0.4, 0.5) is 10.1 Å². The molecule has 0 bridgehead atoms. The minimum absolute atomic E-state index is 0.0978. The molecule has 0 fully saturated rings. The highest BCUT2D eigenvalue weighted by Crippen LogP contribution is 2.34. The molecule has 1 heterocycles. The van der Waals surface area contributed by atoms with E-state index in [9.17, 15) is 4.39 Å². The van der Waals surface area contributed by atoms with Crippen LogP contribution in [0.1, 0.15) is 17.2 Å². The average molecular weight is 242 g/mol. The summed E-state index contributed by atoms with van der Waals surface area (Å²) in [6.07, 6.45) is 0. The molecule has 18 heavy (non-hydrogen) atoms. The number of halogens is 1. The van der Waals surface area contributed by atoms with Crippen LogP contribution < -0.4 is 10.6 Å². The summed E-state index contributed by atoms with van der Waals surface area (Å²) in [7, 11) is 0. The van der Waals surface area contributed by atoms with Crippen molar-refractivity contribution in [3.8, 4) is 0 Å². The van der Waals surface area contributed by atoms with Crippen molar-refractivity contribution < 1.29 is 4.39 Å². The van der Waals surface area contributed by atoms with E-state index in [4.69, 9.17) is 5.73 Å². The Morgan fingerprint density at radius 3 is 2.72 bits per heavy atom. The lowest BCUT2D eigenvalue weighted by molar-refractivity contribution is 0.624. The van der Waals surface area contributed by atoms with Gasteiger partial charge in [-0.05, 0) is 29.3 Å². The lowest BCUT2D eigenvalue weighted by Crippen LogP contribution is -2.23. The van der Waals surface area contributed by atoms with Crippen LogP contribution in [0.2, 0.25) is 0 Å². The third-order valence-corrected chi connectivity index (χ3v) is 3.36. The van der Waals surface area contributed by atoms with Crippen molar-refractivity contribution in [1.82, 2.24) is 0 Å². The molecule has 1 atom stereocenters. The Bertz CT molecular complexity index is 554. The summed E-state index contributed by atoms with van der Waals surface area (Å²) in [5.74, 6) is -0.217. The molecule has 1 unspecified atom stereocenters. The number of benzene rings is 2. The van der Waals surface area contributed by atoms with E-state index in [0.717, 1.165) is 24.3 Å². The van der Waals surface area contributed by atoms with Gasteiger partial charge in [-0.2, -0.15) is 0 Å². The highest BCUT2D eigenvalue weighted by atomic mass is 19.1. The maximum Gasteiger partial charge on any atom is 0.123 e. The van der Waals surface area contributed by atoms with Crippen molar-refractivity contribution in [2.75, 3.05) is 11.4 Å². The molecule has 0 radical (unpaired) electrons. The first-order valence-electron chi connectivity index (χ1n) is 6.08. The van der Waals surface area contributed by atoms with Crippen molar-refractivity contribution in [1.29, 1.82) is 0 Å². The van der Waals surface area contributed by atoms with E-state index in [1.807, 2.05) is 24.3 Å². The Kier molecular flexibility index (Phi) is 2.76. The van der Waals surface area contributed by atoms with E-state index >= 15 is 0 Å². The summed E-state index contributed by atoms with van der Waals surface area (Å²) in [4.78, 5) is 2.20. The molecule has 3 rings (SSSR count). The Labute approximate surface area is 106 Å². The number of fused-ring (bicyclic) bond motifs is 1. The van der Waals surface area contributed by atoms with E-state index < -0.39 is 0 Å². The van der Waals surface area contributed by atoms with Gasteiger partial charge in [0.05, 0.1) is 0 Å². The molecule has 0 saturated heterocycles. The molecule has 2 aromatic carbocycles. The summed E-state index contributed by atoms with van der Waals surface area (Å²) in [5, 5.41) is 0. The second-order valence-electron chi connectivity index (χ2n) is 4.68. The summed E-state index contributed by atoms with van der Waals surface area (Å²) in [6, 6.07) is 15.0. The van der Waals surface area contributed by atoms with E-state index in [1.165, 1.54) is 11.6 Å². The predicted octanol–water partition coefficient (Wildman–Crippen LogP) is 2.85. The fraction of sp³-hybridized carbons (Fsp3) is 0.200. The largest absolute Gasteiger partial charge is 0.365 e. The molecule has 0 aliphatic carbocycles. The third-order valence-electron chi connectivity index (χ3n) is 3.36. The number of nitrogens with zero attached hydrogens (tertiary/aromatic N) is 1. The van der Waals surface area contributed by atoms with Gasteiger partial charge in [-0.25, -0.2) is 4.39 Å². The molecule has 0 saturated carbocycles. The third kappa shape index (κ3) is 1.97. The van der Waals surface area contributed by atoms with Gasteiger partial charge in [0.15, 0.2) is 0 Å². The van der Waals surface area contributed by atoms with Gasteiger partial charge in [0.25, 0.3) is 0 Å². The van der Waals surface area contributed by atoms with Crippen molar-refractivity contribution in [2.24, 2.45) is 5.73 Å². The zero-order chi connectivity index (χ0) is 12.5. The molecular formula is C15H15FN2. The molecule has 0 aromatic heterocycles. The number of rotatable bonds is 2. The Morgan fingerprint density at radius 2 is 1.94 bits per heavy atom. The Morgan fingerprint density at radius 1 is 1.17 bits per heavy atom. The fourth-order valence-corrected chi connectivity index (χ4v) is 2.50. The van der Waals surface area contributed by atoms with Crippen LogP contribution in [-0.4, -0.2) is 6.54 Å². The molecule has 3 heteroatoms. The highest BCUT2D eigenvalue weighted by molar-refractivity contribution is 5.60. The zero-order valence-corrected chi connectivity index (χ0v) is 10.0. The number of nitrogens with two attached hydrogens (primary N) is 1. The van der Waals surface area contributed by atoms with Crippen LogP contribution in [0.15, 0.2) is 48.5 Å². The molecule has 2 nitrogen and oxygen atoms in total. The second-order valence-corrected chi connectivity index (χ2v) is 4.68. The maximum absolute atomic E-state index is 13.2. The van der Waals surface area contributed by atoms with Crippen molar-refractivity contribution in [3.63, 3.8) is 0 Å². The minimum Gasteiger partial charge on any atom is -0.365 e. The standard InChI is InChI=1S/C15H15FN2/c16-12-6-7-15-13(8-12)14(17)10-18(15)9-11-4-2-1-3-5-11/h1-8,14H,9-10,17H2. The van der Waals surface area contributed by atoms with Gasteiger partial charge >= 0.3 is 0 Å². The molecule has 0 amide bonds. The minimum atomic E-state index is -0.217. The second kappa shape index (κ2) is 4.42. The van der Waals surface area contributed by atoms with Gasteiger partial charge in [0, 0.05) is 24.8 Å². The summed E-state index contributed by atoms with van der Waals surface area (Å²) in [5.41, 5.74) is 9.25. The first-order valence-corrected chi connectivity index (χ1v) is 6.08.